The molecule has 0 amide bonds. The van der Waals surface area contributed by atoms with Crippen molar-refractivity contribution in [2.75, 3.05) is 7.11 Å². The monoisotopic (exact) mass is 450 g/mol. The van der Waals surface area contributed by atoms with Crippen molar-refractivity contribution in [2.45, 2.75) is 52.5 Å². The molecule has 0 aliphatic carbocycles. The summed E-state index contributed by atoms with van der Waals surface area (Å²) >= 11 is 0. The Morgan fingerprint density at radius 1 is 1.12 bits per heavy atom. The topological polar surface area (TPSA) is 94.0 Å². The van der Waals surface area contributed by atoms with E-state index in [1.165, 1.54) is 18.9 Å². The van der Waals surface area contributed by atoms with Gasteiger partial charge < -0.3 is 9.15 Å². The first-order valence-corrected chi connectivity index (χ1v) is 11.3. The fourth-order valence-corrected chi connectivity index (χ4v) is 3.31. The van der Waals surface area contributed by atoms with E-state index in [2.05, 4.69) is 22.2 Å². The van der Waals surface area contributed by atoms with Crippen molar-refractivity contribution in [1.82, 2.24) is 10.1 Å². The van der Waals surface area contributed by atoms with E-state index in [4.69, 9.17) is 15.0 Å². The van der Waals surface area contributed by atoms with Gasteiger partial charge in [0.05, 0.1) is 12.8 Å². The molecular formula is C26H34N4O3. The van der Waals surface area contributed by atoms with Crippen molar-refractivity contribution < 1.29 is 13.9 Å². The second kappa shape index (κ2) is 13.9. The third kappa shape index (κ3) is 7.88. The van der Waals surface area contributed by atoms with Gasteiger partial charge in [0.2, 0.25) is 5.89 Å². The van der Waals surface area contributed by atoms with Gasteiger partial charge in [0.25, 0.3) is 0 Å². The first-order chi connectivity index (χ1) is 16.1. The number of benzene rings is 2. The molecule has 2 N–H and O–H groups in total. The third-order valence-electron chi connectivity index (χ3n) is 4.96. The van der Waals surface area contributed by atoms with E-state index in [9.17, 15) is 4.79 Å². The summed E-state index contributed by atoms with van der Waals surface area (Å²) in [5.74, 6) is 6.10. The summed E-state index contributed by atoms with van der Waals surface area (Å²) in [6.45, 7) is 5.74. The summed E-state index contributed by atoms with van der Waals surface area (Å²) in [5, 5.41) is 5.11. The van der Waals surface area contributed by atoms with Crippen molar-refractivity contribution in [3.63, 3.8) is 0 Å². The largest absolute Gasteiger partial charge is 0.467 e. The molecule has 176 valence electrons. The fraction of sp³-hybridized carbons (Fsp3) is 0.346. The van der Waals surface area contributed by atoms with Gasteiger partial charge in [0, 0.05) is 18.2 Å². The molecule has 3 rings (SSSR count). The Hall–Kier alpha value is -3.45. The molecule has 1 unspecified atom stereocenters. The number of hydrogen-bond acceptors (Lipinski definition) is 7. The second-order valence-corrected chi connectivity index (χ2v) is 7.18. The number of aryl methyl sites for hydroxylation is 2. The lowest BCUT2D eigenvalue weighted by molar-refractivity contribution is -0.147. The molecule has 7 heteroatoms. The Balaban J connectivity index is 0.00000187. The molecule has 2 aromatic carbocycles. The summed E-state index contributed by atoms with van der Waals surface area (Å²) in [6, 6.07) is 17.4. The van der Waals surface area contributed by atoms with Crippen LogP contribution in [0.5, 0.6) is 0 Å². The molecular weight excluding hydrogens is 416 g/mol. The van der Waals surface area contributed by atoms with Crippen LogP contribution in [0.2, 0.25) is 0 Å². The van der Waals surface area contributed by atoms with Crippen LogP contribution in [-0.4, -0.2) is 35.4 Å². The van der Waals surface area contributed by atoms with Crippen LogP contribution in [0.15, 0.2) is 70.4 Å². The second-order valence-electron chi connectivity index (χ2n) is 7.18. The highest BCUT2D eigenvalue weighted by Crippen LogP contribution is 2.19. The molecule has 0 aliphatic rings. The van der Waals surface area contributed by atoms with Crippen molar-refractivity contribution in [2.24, 2.45) is 10.9 Å². The van der Waals surface area contributed by atoms with E-state index in [1.54, 1.807) is 13.2 Å². The lowest BCUT2D eigenvalue weighted by Crippen LogP contribution is -2.44. The standard InChI is InChI=1S/C24H28N4O3.C2H6/c1-3-26-28(25)22(24(29)30-2)16-19-14-12-18(13-15-19)8-7-11-21-17-31-23(27-21)20-9-5-4-6-10-20;1-2/h3-6,9-10,12-15,17,22H,7-8,11,16,25H2,1-2H3;1-2H3/b26-3-;. The molecule has 1 heterocycles. The van der Waals surface area contributed by atoms with Gasteiger partial charge >= 0.3 is 5.97 Å². The van der Waals surface area contributed by atoms with Gasteiger partial charge in [-0.25, -0.2) is 20.7 Å². The van der Waals surface area contributed by atoms with E-state index in [0.717, 1.165) is 41.2 Å². The molecule has 0 bridgehead atoms. The molecule has 0 radical (unpaired) electrons. The Labute approximate surface area is 196 Å². The average molecular weight is 451 g/mol. The number of carbonyl (C=O) groups excluding carboxylic acids is 1. The number of rotatable bonds is 10. The molecule has 3 aromatic rings. The number of aromatic nitrogens is 1. The van der Waals surface area contributed by atoms with E-state index < -0.39 is 12.0 Å². The highest BCUT2D eigenvalue weighted by molar-refractivity contribution is 5.76. The Bertz CT molecular complexity index is 984. The summed E-state index contributed by atoms with van der Waals surface area (Å²) in [7, 11) is 1.35. The molecule has 0 fully saturated rings. The van der Waals surface area contributed by atoms with E-state index in [1.807, 2.05) is 56.3 Å². The van der Waals surface area contributed by atoms with Gasteiger partial charge in [0.1, 0.15) is 6.26 Å². The Morgan fingerprint density at radius 3 is 2.42 bits per heavy atom. The molecule has 33 heavy (non-hydrogen) atoms. The van der Waals surface area contributed by atoms with Gasteiger partial charge in [-0.05, 0) is 49.4 Å². The zero-order valence-corrected chi connectivity index (χ0v) is 19.9. The lowest BCUT2D eigenvalue weighted by atomic mass is 10.0. The van der Waals surface area contributed by atoms with Crippen LogP contribution in [0.4, 0.5) is 0 Å². The quantitative estimate of drug-likeness (QED) is 0.206. The first-order valence-electron chi connectivity index (χ1n) is 11.3. The van der Waals surface area contributed by atoms with Crippen molar-refractivity contribution in [3.05, 3.63) is 77.7 Å². The van der Waals surface area contributed by atoms with Crippen LogP contribution in [0.1, 0.15) is 44.0 Å². The number of carbonyl (C=O) groups is 1. The number of nitrogens with zero attached hydrogens (tertiary/aromatic N) is 3. The van der Waals surface area contributed by atoms with Gasteiger partial charge in [0.15, 0.2) is 6.04 Å². The highest BCUT2D eigenvalue weighted by atomic mass is 16.5. The fourth-order valence-electron chi connectivity index (χ4n) is 3.31. The first kappa shape index (κ1) is 25.8. The lowest BCUT2D eigenvalue weighted by Gasteiger charge is -2.22. The van der Waals surface area contributed by atoms with Crippen LogP contribution >= 0.6 is 0 Å². The predicted octanol–water partition coefficient (Wildman–Crippen LogP) is 4.81. The normalized spacial score (nSPS) is 11.5. The zero-order valence-electron chi connectivity index (χ0n) is 19.9. The van der Waals surface area contributed by atoms with Crippen molar-refractivity contribution in [1.29, 1.82) is 0 Å². The van der Waals surface area contributed by atoms with Crippen LogP contribution < -0.4 is 5.84 Å². The third-order valence-corrected chi connectivity index (χ3v) is 4.96. The van der Waals surface area contributed by atoms with E-state index in [-0.39, 0.29) is 0 Å². The van der Waals surface area contributed by atoms with Crippen molar-refractivity contribution >= 4 is 12.2 Å². The number of hydrazine groups is 1. The maximum absolute atomic E-state index is 12.0. The van der Waals surface area contributed by atoms with Crippen LogP contribution in [0, 0.1) is 0 Å². The van der Waals surface area contributed by atoms with Gasteiger partial charge in [-0.15, -0.1) is 0 Å². The van der Waals surface area contributed by atoms with Crippen LogP contribution in [0.3, 0.4) is 0 Å². The summed E-state index contributed by atoms with van der Waals surface area (Å²) in [4.78, 5) is 16.6. The molecule has 0 aliphatic heterocycles. The SMILES string of the molecule is C/C=N\N(N)C(Cc1ccc(CCCc2coc(-c3ccccc3)n2)cc1)C(=O)OC.CC. The van der Waals surface area contributed by atoms with E-state index in [0.29, 0.717) is 12.3 Å². The minimum Gasteiger partial charge on any atom is -0.467 e. The predicted molar refractivity (Wildman–Crippen MR) is 131 cm³/mol. The summed E-state index contributed by atoms with van der Waals surface area (Å²) in [5.41, 5.74) is 4.15. The van der Waals surface area contributed by atoms with Gasteiger partial charge in [-0.1, -0.05) is 56.3 Å². The minimum absolute atomic E-state index is 0.417. The Kier molecular flexibility index (Phi) is 10.8. The van der Waals surface area contributed by atoms with Crippen LogP contribution in [0.25, 0.3) is 11.5 Å². The average Bonchev–Trinajstić information content (AvgIpc) is 3.34. The van der Waals surface area contributed by atoms with E-state index >= 15 is 0 Å². The molecule has 0 saturated heterocycles. The van der Waals surface area contributed by atoms with Gasteiger partial charge in [-0.3, -0.25) is 0 Å². The minimum atomic E-state index is -0.668. The molecule has 0 spiro atoms. The molecule has 1 atom stereocenters. The van der Waals surface area contributed by atoms with Gasteiger partial charge in [-0.2, -0.15) is 5.10 Å². The number of methoxy groups -OCH3 is 1. The number of ether oxygens (including phenoxy) is 1. The number of hydrazone groups is 1. The molecule has 0 saturated carbocycles. The maximum Gasteiger partial charge on any atom is 0.332 e. The number of esters is 1. The highest BCUT2D eigenvalue weighted by Gasteiger charge is 2.24. The maximum atomic E-state index is 12.0. The van der Waals surface area contributed by atoms with Crippen LogP contribution in [-0.2, 0) is 28.8 Å². The number of oxazole rings is 1. The Morgan fingerprint density at radius 2 is 1.79 bits per heavy atom. The molecule has 1 aromatic heterocycles. The smallest absolute Gasteiger partial charge is 0.332 e. The van der Waals surface area contributed by atoms with Crippen molar-refractivity contribution in [3.8, 4) is 11.5 Å². The number of nitrogens with two attached hydrogens (primary N) is 1. The number of hydrogen-bond donors (Lipinski definition) is 1. The summed E-state index contributed by atoms with van der Waals surface area (Å²) < 4.78 is 10.5. The zero-order chi connectivity index (χ0) is 24.1. The summed E-state index contributed by atoms with van der Waals surface area (Å²) in [6.07, 6.45) is 6.43. The molecule has 7 nitrogen and oxygen atoms in total.